The van der Waals surface area contributed by atoms with Crippen molar-refractivity contribution in [1.82, 2.24) is 4.90 Å². The summed E-state index contributed by atoms with van der Waals surface area (Å²) in [6.45, 7) is 2.41. The second-order valence-corrected chi connectivity index (χ2v) is 6.79. The molecule has 0 saturated carbocycles. The molecule has 0 spiro atoms. The summed E-state index contributed by atoms with van der Waals surface area (Å²) in [6.07, 6.45) is 1.95. The van der Waals surface area contributed by atoms with Gasteiger partial charge in [0, 0.05) is 13.1 Å². The standard InChI is InChI=1S/C20H21FN2O2/c1-22-7-5-15-10-18-19(11-16(15)6-8-22)25-13-20(24)23(18)12-14-3-2-4-17(21)9-14/h2-4,9-11H,5-8,12-13H2,1H3. The predicted molar refractivity (Wildman–Crippen MR) is 94.4 cm³/mol. The minimum atomic E-state index is -0.289. The molecule has 4 nitrogen and oxygen atoms in total. The molecule has 5 heteroatoms. The molecule has 4 rings (SSSR count). The smallest absolute Gasteiger partial charge is 0.265 e. The van der Waals surface area contributed by atoms with Gasteiger partial charge in [0.25, 0.3) is 5.91 Å². The number of rotatable bonds is 2. The Bertz CT molecular complexity index is 821. The van der Waals surface area contributed by atoms with Crippen LogP contribution in [-0.4, -0.2) is 37.6 Å². The molecule has 25 heavy (non-hydrogen) atoms. The van der Waals surface area contributed by atoms with Gasteiger partial charge in [-0.05, 0) is 60.8 Å². The largest absolute Gasteiger partial charge is 0.482 e. The summed E-state index contributed by atoms with van der Waals surface area (Å²) in [6, 6.07) is 10.6. The number of ether oxygens (including phenoxy) is 1. The number of hydrogen-bond acceptors (Lipinski definition) is 3. The number of carbonyl (C=O) groups excluding carboxylic acids is 1. The average Bonchev–Trinajstić information content (AvgIpc) is 2.78. The highest BCUT2D eigenvalue weighted by Crippen LogP contribution is 2.37. The SMILES string of the molecule is CN1CCc2cc3c(cc2CC1)N(Cc1cccc(F)c1)C(=O)CO3. The molecule has 0 bridgehead atoms. The number of benzene rings is 2. The summed E-state index contributed by atoms with van der Waals surface area (Å²) < 4.78 is 19.2. The predicted octanol–water partition coefficient (Wildman–Crippen LogP) is 2.78. The van der Waals surface area contributed by atoms with Crippen molar-refractivity contribution in [1.29, 1.82) is 0 Å². The molecule has 0 unspecified atom stereocenters. The van der Waals surface area contributed by atoms with Crippen molar-refractivity contribution in [2.75, 3.05) is 31.6 Å². The molecular formula is C20H21FN2O2. The number of amides is 1. The van der Waals surface area contributed by atoms with E-state index in [1.54, 1.807) is 11.0 Å². The van der Waals surface area contributed by atoms with Gasteiger partial charge in [0.05, 0.1) is 12.2 Å². The van der Waals surface area contributed by atoms with E-state index in [1.165, 1.54) is 23.3 Å². The summed E-state index contributed by atoms with van der Waals surface area (Å²) in [5, 5.41) is 0. The van der Waals surface area contributed by atoms with E-state index in [9.17, 15) is 9.18 Å². The van der Waals surface area contributed by atoms with Gasteiger partial charge in [-0.1, -0.05) is 12.1 Å². The highest BCUT2D eigenvalue weighted by Gasteiger charge is 2.27. The Kier molecular flexibility index (Phi) is 4.17. The lowest BCUT2D eigenvalue weighted by atomic mass is 10.00. The first kappa shape index (κ1) is 16.1. The van der Waals surface area contributed by atoms with Gasteiger partial charge in [-0.25, -0.2) is 4.39 Å². The van der Waals surface area contributed by atoms with Crippen LogP contribution in [0.1, 0.15) is 16.7 Å². The molecule has 2 aromatic rings. The third kappa shape index (κ3) is 3.24. The maximum absolute atomic E-state index is 13.5. The van der Waals surface area contributed by atoms with E-state index in [1.807, 2.05) is 6.07 Å². The lowest BCUT2D eigenvalue weighted by Gasteiger charge is -2.30. The van der Waals surface area contributed by atoms with Gasteiger partial charge < -0.3 is 14.5 Å². The first-order valence-corrected chi connectivity index (χ1v) is 8.62. The van der Waals surface area contributed by atoms with Gasteiger partial charge in [-0.15, -0.1) is 0 Å². The average molecular weight is 340 g/mol. The molecule has 0 fully saturated rings. The first-order chi connectivity index (χ1) is 12.1. The number of halogens is 1. The van der Waals surface area contributed by atoms with Crippen LogP contribution in [0.25, 0.3) is 0 Å². The van der Waals surface area contributed by atoms with Crippen LogP contribution < -0.4 is 9.64 Å². The molecule has 0 aliphatic carbocycles. The van der Waals surface area contributed by atoms with Crippen molar-refractivity contribution in [3.63, 3.8) is 0 Å². The molecule has 2 heterocycles. The molecule has 0 atom stereocenters. The second kappa shape index (κ2) is 6.48. The van der Waals surface area contributed by atoms with Crippen LogP contribution >= 0.6 is 0 Å². The minimum absolute atomic E-state index is 0.0288. The highest BCUT2D eigenvalue weighted by molar-refractivity contribution is 5.98. The van der Waals surface area contributed by atoms with E-state index in [-0.39, 0.29) is 18.3 Å². The lowest BCUT2D eigenvalue weighted by molar-refractivity contribution is -0.121. The van der Waals surface area contributed by atoms with Crippen LogP contribution in [0.15, 0.2) is 36.4 Å². The summed E-state index contributed by atoms with van der Waals surface area (Å²) in [5.74, 6) is 0.366. The van der Waals surface area contributed by atoms with Crippen LogP contribution in [-0.2, 0) is 24.2 Å². The van der Waals surface area contributed by atoms with E-state index >= 15 is 0 Å². The molecule has 2 aliphatic heterocycles. The number of nitrogens with zero attached hydrogens (tertiary/aromatic N) is 2. The molecule has 1 amide bonds. The third-order valence-electron chi connectivity index (χ3n) is 4.98. The Labute approximate surface area is 146 Å². The fourth-order valence-electron chi connectivity index (χ4n) is 3.52. The summed E-state index contributed by atoms with van der Waals surface area (Å²) in [7, 11) is 2.13. The number of hydrogen-bond donors (Lipinski definition) is 0. The quantitative estimate of drug-likeness (QED) is 0.843. The molecule has 0 N–H and O–H groups in total. The van der Waals surface area contributed by atoms with E-state index in [4.69, 9.17) is 4.74 Å². The number of likely N-dealkylation sites (N-methyl/N-ethyl adjacent to an activating group) is 1. The Balaban J connectivity index is 1.70. The Hall–Kier alpha value is -2.40. The fourth-order valence-corrected chi connectivity index (χ4v) is 3.52. The fraction of sp³-hybridized carbons (Fsp3) is 0.350. The van der Waals surface area contributed by atoms with Crippen molar-refractivity contribution in [2.24, 2.45) is 0 Å². The lowest BCUT2D eigenvalue weighted by Crippen LogP contribution is -2.38. The zero-order valence-corrected chi connectivity index (χ0v) is 14.3. The van der Waals surface area contributed by atoms with Crippen LogP contribution in [0.4, 0.5) is 10.1 Å². The maximum Gasteiger partial charge on any atom is 0.265 e. The zero-order valence-electron chi connectivity index (χ0n) is 14.3. The van der Waals surface area contributed by atoms with E-state index in [0.29, 0.717) is 6.54 Å². The molecule has 2 aliphatic rings. The topological polar surface area (TPSA) is 32.8 Å². The van der Waals surface area contributed by atoms with Crippen molar-refractivity contribution < 1.29 is 13.9 Å². The minimum Gasteiger partial charge on any atom is -0.482 e. The molecule has 2 aromatic carbocycles. The van der Waals surface area contributed by atoms with E-state index < -0.39 is 0 Å². The third-order valence-corrected chi connectivity index (χ3v) is 4.98. The van der Waals surface area contributed by atoms with E-state index in [0.717, 1.165) is 42.9 Å². The summed E-state index contributed by atoms with van der Waals surface area (Å²) in [5.41, 5.74) is 4.13. The van der Waals surface area contributed by atoms with Crippen LogP contribution in [0.2, 0.25) is 0 Å². The highest BCUT2D eigenvalue weighted by atomic mass is 19.1. The molecule has 0 aromatic heterocycles. The van der Waals surface area contributed by atoms with Crippen molar-refractivity contribution in [2.45, 2.75) is 19.4 Å². The number of anilines is 1. The molecule has 0 radical (unpaired) electrons. The van der Waals surface area contributed by atoms with Gasteiger partial charge >= 0.3 is 0 Å². The Morgan fingerprint density at radius 3 is 2.64 bits per heavy atom. The monoisotopic (exact) mass is 340 g/mol. The van der Waals surface area contributed by atoms with Crippen LogP contribution in [0, 0.1) is 5.82 Å². The summed E-state index contributed by atoms with van der Waals surface area (Å²) in [4.78, 5) is 16.5. The Morgan fingerprint density at radius 2 is 1.88 bits per heavy atom. The van der Waals surface area contributed by atoms with Crippen molar-refractivity contribution in [3.8, 4) is 5.75 Å². The maximum atomic E-state index is 13.5. The number of fused-ring (bicyclic) bond motifs is 2. The van der Waals surface area contributed by atoms with Crippen molar-refractivity contribution >= 4 is 11.6 Å². The van der Waals surface area contributed by atoms with Crippen molar-refractivity contribution in [3.05, 3.63) is 58.9 Å². The van der Waals surface area contributed by atoms with Crippen LogP contribution in [0.5, 0.6) is 5.75 Å². The van der Waals surface area contributed by atoms with Crippen LogP contribution in [0.3, 0.4) is 0 Å². The van der Waals surface area contributed by atoms with Gasteiger partial charge in [-0.3, -0.25) is 4.79 Å². The van der Waals surface area contributed by atoms with Gasteiger partial charge in [0.15, 0.2) is 6.61 Å². The zero-order chi connectivity index (χ0) is 17.4. The molecule has 0 saturated heterocycles. The molecular weight excluding hydrogens is 319 g/mol. The van der Waals surface area contributed by atoms with Gasteiger partial charge in [-0.2, -0.15) is 0 Å². The summed E-state index contributed by atoms with van der Waals surface area (Å²) >= 11 is 0. The van der Waals surface area contributed by atoms with E-state index in [2.05, 4.69) is 24.1 Å². The first-order valence-electron chi connectivity index (χ1n) is 8.62. The Morgan fingerprint density at radius 1 is 1.12 bits per heavy atom. The number of carbonyl (C=O) groups is 1. The normalized spacial score (nSPS) is 17.5. The van der Waals surface area contributed by atoms with Gasteiger partial charge in [0.1, 0.15) is 11.6 Å². The van der Waals surface area contributed by atoms with Gasteiger partial charge in [0.2, 0.25) is 0 Å². The molecule has 130 valence electrons. The second-order valence-electron chi connectivity index (χ2n) is 6.79.